The van der Waals surface area contributed by atoms with E-state index < -0.39 is 17.8 Å². The number of H-pyrrole nitrogens is 1. The molecule has 0 bridgehead atoms. The van der Waals surface area contributed by atoms with Gasteiger partial charge in [-0.25, -0.2) is 9.78 Å². The molecule has 0 unspecified atom stereocenters. The van der Waals surface area contributed by atoms with Crippen LogP contribution in [0, 0.1) is 0 Å². The maximum Gasteiger partial charge on any atom is 0.416 e. The smallest absolute Gasteiger partial charge is 0.308 e. The summed E-state index contributed by atoms with van der Waals surface area (Å²) >= 11 is 0. The van der Waals surface area contributed by atoms with E-state index in [0.717, 1.165) is 34.3 Å². The SMILES string of the molecule is CC(C)c1cc(-c2ccc(NC(=O)Nc3cccc(C(F)(F)F)c3)cc2)c2cn[nH]c2n1. The minimum absolute atomic E-state index is 0.0503. The summed E-state index contributed by atoms with van der Waals surface area (Å²) < 4.78 is 38.5. The fourth-order valence-electron chi connectivity index (χ4n) is 3.28. The Morgan fingerprint density at radius 3 is 2.41 bits per heavy atom. The number of aromatic nitrogens is 3. The Morgan fingerprint density at radius 1 is 1.00 bits per heavy atom. The van der Waals surface area contributed by atoms with Gasteiger partial charge in [-0.2, -0.15) is 18.3 Å². The van der Waals surface area contributed by atoms with Gasteiger partial charge < -0.3 is 10.6 Å². The van der Waals surface area contributed by atoms with Gasteiger partial charge in [0.15, 0.2) is 5.65 Å². The van der Waals surface area contributed by atoms with E-state index in [9.17, 15) is 18.0 Å². The largest absolute Gasteiger partial charge is 0.416 e. The van der Waals surface area contributed by atoms with Gasteiger partial charge in [-0.05, 0) is 53.4 Å². The molecule has 0 spiro atoms. The number of pyridine rings is 1. The summed E-state index contributed by atoms with van der Waals surface area (Å²) in [4.78, 5) is 16.8. The highest BCUT2D eigenvalue weighted by Crippen LogP contribution is 2.32. The number of nitrogens with one attached hydrogen (secondary N) is 3. The summed E-state index contributed by atoms with van der Waals surface area (Å²) in [5, 5.41) is 12.9. The number of anilines is 2. The number of aromatic amines is 1. The van der Waals surface area contributed by atoms with Crippen LogP contribution in [0.4, 0.5) is 29.3 Å². The number of nitrogens with zero attached hydrogens (tertiary/aromatic N) is 2. The van der Waals surface area contributed by atoms with Gasteiger partial charge in [-0.15, -0.1) is 0 Å². The van der Waals surface area contributed by atoms with Crippen molar-refractivity contribution in [3.63, 3.8) is 0 Å². The van der Waals surface area contributed by atoms with Crippen LogP contribution in [0.1, 0.15) is 31.0 Å². The van der Waals surface area contributed by atoms with Crippen LogP contribution in [0.2, 0.25) is 0 Å². The molecule has 2 heterocycles. The Balaban J connectivity index is 1.51. The molecule has 2 amide bonds. The lowest BCUT2D eigenvalue weighted by Gasteiger charge is -2.12. The highest BCUT2D eigenvalue weighted by molar-refractivity contribution is 6.00. The van der Waals surface area contributed by atoms with Gasteiger partial charge in [0, 0.05) is 22.5 Å². The van der Waals surface area contributed by atoms with Crippen molar-refractivity contribution in [2.75, 3.05) is 10.6 Å². The topological polar surface area (TPSA) is 82.7 Å². The molecule has 4 aromatic rings. The average Bonchev–Trinajstić information content (AvgIpc) is 3.22. The van der Waals surface area contributed by atoms with Crippen LogP contribution in [0.3, 0.4) is 0 Å². The van der Waals surface area contributed by atoms with E-state index >= 15 is 0 Å². The number of rotatable bonds is 4. The molecular weight excluding hydrogens is 419 g/mol. The van der Waals surface area contributed by atoms with Crippen molar-refractivity contribution in [1.82, 2.24) is 15.2 Å². The fourth-order valence-corrected chi connectivity index (χ4v) is 3.28. The second-order valence-electron chi connectivity index (χ2n) is 7.62. The van der Waals surface area contributed by atoms with Crippen LogP contribution in [0.15, 0.2) is 60.8 Å². The van der Waals surface area contributed by atoms with E-state index in [2.05, 4.69) is 39.7 Å². The third-order valence-corrected chi connectivity index (χ3v) is 4.94. The quantitative estimate of drug-likeness (QED) is 0.344. The van der Waals surface area contributed by atoms with Crippen LogP contribution in [0.5, 0.6) is 0 Å². The number of halogens is 3. The molecule has 0 aliphatic heterocycles. The predicted molar refractivity (Wildman–Crippen MR) is 117 cm³/mol. The van der Waals surface area contributed by atoms with Crippen LogP contribution in [-0.4, -0.2) is 21.2 Å². The number of hydrogen-bond acceptors (Lipinski definition) is 3. The van der Waals surface area contributed by atoms with E-state index in [1.54, 1.807) is 18.3 Å². The average molecular weight is 439 g/mol. The number of alkyl halides is 3. The predicted octanol–water partition coefficient (Wildman–Crippen LogP) is 6.41. The van der Waals surface area contributed by atoms with Crippen LogP contribution in [-0.2, 0) is 6.18 Å². The highest BCUT2D eigenvalue weighted by atomic mass is 19.4. The van der Waals surface area contributed by atoms with E-state index in [0.29, 0.717) is 11.3 Å². The second kappa shape index (κ2) is 8.33. The normalized spacial score (nSPS) is 11.7. The molecular formula is C23H20F3N5O. The molecule has 0 aliphatic carbocycles. The first kappa shape index (κ1) is 21.4. The molecule has 4 rings (SSSR count). The van der Waals surface area contributed by atoms with Crippen LogP contribution in [0.25, 0.3) is 22.2 Å². The molecule has 0 fully saturated rings. The number of amides is 2. The summed E-state index contributed by atoms with van der Waals surface area (Å²) in [5.74, 6) is 0.238. The van der Waals surface area contributed by atoms with Crippen molar-refractivity contribution in [1.29, 1.82) is 0 Å². The molecule has 3 N–H and O–H groups in total. The minimum atomic E-state index is -4.48. The van der Waals surface area contributed by atoms with Gasteiger partial charge in [0.1, 0.15) is 0 Å². The fraction of sp³-hybridized carbons (Fsp3) is 0.174. The van der Waals surface area contributed by atoms with Gasteiger partial charge in [-0.1, -0.05) is 32.0 Å². The van der Waals surface area contributed by atoms with Crippen molar-refractivity contribution in [2.24, 2.45) is 0 Å². The zero-order valence-corrected chi connectivity index (χ0v) is 17.3. The van der Waals surface area contributed by atoms with Gasteiger partial charge >= 0.3 is 12.2 Å². The molecule has 9 heteroatoms. The van der Waals surface area contributed by atoms with E-state index in [4.69, 9.17) is 0 Å². The van der Waals surface area contributed by atoms with Gasteiger partial charge in [-0.3, -0.25) is 5.10 Å². The molecule has 32 heavy (non-hydrogen) atoms. The molecule has 0 saturated carbocycles. The third-order valence-electron chi connectivity index (χ3n) is 4.94. The van der Waals surface area contributed by atoms with Gasteiger partial charge in [0.2, 0.25) is 0 Å². The first-order valence-electron chi connectivity index (χ1n) is 9.90. The lowest BCUT2D eigenvalue weighted by atomic mass is 9.99. The lowest BCUT2D eigenvalue weighted by Crippen LogP contribution is -2.19. The highest BCUT2D eigenvalue weighted by Gasteiger charge is 2.30. The van der Waals surface area contributed by atoms with E-state index in [-0.39, 0.29) is 11.6 Å². The van der Waals surface area contributed by atoms with E-state index in [1.165, 1.54) is 12.1 Å². The van der Waals surface area contributed by atoms with Crippen LogP contribution < -0.4 is 10.6 Å². The zero-order valence-electron chi connectivity index (χ0n) is 17.3. The van der Waals surface area contributed by atoms with Gasteiger partial charge in [0.25, 0.3) is 0 Å². The molecule has 0 radical (unpaired) electrons. The lowest BCUT2D eigenvalue weighted by molar-refractivity contribution is -0.137. The Morgan fingerprint density at radius 2 is 1.72 bits per heavy atom. The van der Waals surface area contributed by atoms with Crippen molar-refractivity contribution in [3.05, 3.63) is 72.1 Å². The number of carbonyl (C=O) groups is 1. The molecule has 164 valence electrons. The summed E-state index contributed by atoms with van der Waals surface area (Å²) in [6.07, 6.45) is -2.76. The van der Waals surface area contributed by atoms with Crippen molar-refractivity contribution in [3.8, 4) is 11.1 Å². The first-order chi connectivity index (χ1) is 15.2. The Labute approximate surface area is 181 Å². The Bertz CT molecular complexity index is 1260. The molecule has 0 atom stereocenters. The zero-order chi connectivity index (χ0) is 22.9. The molecule has 6 nitrogen and oxygen atoms in total. The third kappa shape index (κ3) is 4.56. The Kier molecular flexibility index (Phi) is 5.56. The summed E-state index contributed by atoms with van der Waals surface area (Å²) in [6, 6.07) is 13.0. The van der Waals surface area contributed by atoms with Gasteiger partial charge in [0.05, 0.1) is 11.8 Å². The van der Waals surface area contributed by atoms with Crippen molar-refractivity contribution in [2.45, 2.75) is 25.9 Å². The molecule has 2 aromatic carbocycles. The maximum absolute atomic E-state index is 12.8. The standard InChI is InChI=1S/C23H20F3N5O/c1-13(2)20-11-18(19-12-27-31-21(19)30-20)14-6-8-16(9-7-14)28-22(32)29-17-5-3-4-15(10-17)23(24,25)26/h3-13H,1-2H3,(H,27,30,31)(H2,28,29,32). The number of carbonyl (C=O) groups excluding carboxylic acids is 1. The summed E-state index contributed by atoms with van der Waals surface area (Å²) in [6.45, 7) is 4.12. The number of hydrogen-bond donors (Lipinski definition) is 3. The van der Waals surface area contributed by atoms with Crippen molar-refractivity contribution >= 4 is 28.4 Å². The monoisotopic (exact) mass is 439 g/mol. The minimum Gasteiger partial charge on any atom is -0.308 e. The molecule has 0 aliphatic rings. The Hall–Kier alpha value is -3.88. The summed E-state index contributed by atoms with van der Waals surface area (Å²) in [7, 11) is 0. The number of fused-ring (bicyclic) bond motifs is 1. The molecule has 0 saturated heterocycles. The van der Waals surface area contributed by atoms with Crippen molar-refractivity contribution < 1.29 is 18.0 Å². The summed E-state index contributed by atoms with van der Waals surface area (Å²) in [5.41, 5.74) is 3.24. The maximum atomic E-state index is 12.8. The van der Waals surface area contributed by atoms with Crippen LogP contribution >= 0.6 is 0 Å². The number of benzene rings is 2. The second-order valence-corrected chi connectivity index (χ2v) is 7.62. The van der Waals surface area contributed by atoms with E-state index in [1.807, 2.05) is 18.2 Å². The number of urea groups is 1. The molecule has 2 aromatic heterocycles. The first-order valence-corrected chi connectivity index (χ1v) is 9.90.